The summed E-state index contributed by atoms with van der Waals surface area (Å²) in [5, 5.41) is 3.83. The summed E-state index contributed by atoms with van der Waals surface area (Å²) in [6, 6.07) is 7.22. The van der Waals surface area contributed by atoms with Crippen molar-refractivity contribution >= 4 is 5.91 Å². The van der Waals surface area contributed by atoms with E-state index in [1.807, 2.05) is 12.1 Å². The Morgan fingerprint density at radius 3 is 3.00 bits per heavy atom. The second kappa shape index (κ2) is 7.33. The van der Waals surface area contributed by atoms with E-state index >= 15 is 0 Å². The summed E-state index contributed by atoms with van der Waals surface area (Å²) in [6.07, 6.45) is 1.86. The molecule has 1 saturated heterocycles. The molecular formula is C17H21N3O4. The molecule has 7 heteroatoms. The van der Waals surface area contributed by atoms with E-state index in [4.69, 9.17) is 14.0 Å². The van der Waals surface area contributed by atoms with E-state index in [9.17, 15) is 4.79 Å². The Morgan fingerprint density at radius 1 is 1.42 bits per heavy atom. The molecule has 1 amide bonds. The predicted octanol–water partition coefficient (Wildman–Crippen LogP) is 2.17. The lowest BCUT2D eigenvalue weighted by atomic mass is 9.98. The Kier molecular flexibility index (Phi) is 4.98. The van der Waals surface area contributed by atoms with Crippen LogP contribution >= 0.6 is 0 Å². The summed E-state index contributed by atoms with van der Waals surface area (Å²) in [6.45, 7) is 3.11. The Bertz CT molecular complexity index is 701. The maximum absolute atomic E-state index is 12.4. The van der Waals surface area contributed by atoms with Crippen LogP contribution in [0.3, 0.4) is 0 Å². The Labute approximate surface area is 140 Å². The summed E-state index contributed by atoms with van der Waals surface area (Å²) >= 11 is 0. The average Bonchev–Trinajstić information content (AvgIpc) is 3.06. The highest BCUT2D eigenvalue weighted by Gasteiger charge is 2.28. The monoisotopic (exact) mass is 331 g/mol. The molecule has 0 saturated carbocycles. The Hall–Kier alpha value is -2.57. The molecule has 0 radical (unpaired) electrons. The van der Waals surface area contributed by atoms with Crippen molar-refractivity contribution in [2.24, 2.45) is 0 Å². The molecular weight excluding hydrogens is 310 g/mol. The van der Waals surface area contributed by atoms with Crippen molar-refractivity contribution in [1.82, 2.24) is 15.0 Å². The summed E-state index contributed by atoms with van der Waals surface area (Å²) in [4.78, 5) is 18.5. The first kappa shape index (κ1) is 16.3. The smallest absolute Gasteiger partial charge is 0.260 e. The van der Waals surface area contributed by atoms with Crippen molar-refractivity contribution in [2.75, 3.05) is 26.8 Å². The van der Waals surface area contributed by atoms with E-state index in [2.05, 4.69) is 10.1 Å². The number of amides is 1. The van der Waals surface area contributed by atoms with Crippen LogP contribution in [-0.4, -0.2) is 47.8 Å². The minimum atomic E-state index is -0.0428. The molecule has 7 nitrogen and oxygen atoms in total. The van der Waals surface area contributed by atoms with Gasteiger partial charge in [0.15, 0.2) is 12.4 Å². The van der Waals surface area contributed by atoms with Crippen LogP contribution in [0.15, 0.2) is 28.8 Å². The SMILES string of the molecule is COc1cccc(OCC(=O)N2CCC[C@H](c3nc(C)no3)C2)c1. The molecule has 1 aromatic heterocycles. The van der Waals surface area contributed by atoms with Gasteiger partial charge >= 0.3 is 0 Å². The van der Waals surface area contributed by atoms with Crippen molar-refractivity contribution < 1.29 is 18.8 Å². The Balaban J connectivity index is 1.56. The van der Waals surface area contributed by atoms with Crippen molar-refractivity contribution in [3.8, 4) is 11.5 Å². The molecule has 1 aliphatic heterocycles. The molecule has 0 unspecified atom stereocenters. The third kappa shape index (κ3) is 3.84. The number of rotatable bonds is 5. The highest BCUT2D eigenvalue weighted by atomic mass is 16.5. The van der Waals surface area contributed by atoms with Crippen LogP contribution in [0.5, 0.6) is 11.5 Å². The third-order valence-corrected chi connectivity index (χ3v) is 4.07. The zero-order valence-corrected chi connectivity index (χ0v) is 13.9. The largest absolute Gasteiger partial charge is 0.497 e. The number of carbonyl (C=O) groups is 1. The lowest BCUT2D eigenvalue weighted by Gasteiger charge is -2.30. The van der Waals surface area contributed by atoms with Crippen molar-refractivity contribution in [1.29, 1.82) is 0 Å². The number of benzene rings is 1. The second-order valence-electron chi connectivity index (χ2n) is 5.83. The number of likely N-dealkylation sites (tertiary alicyclic amines) is 1. The molecule has 0 N–H and O–H groups in total. The number of methoxy groups -OCH3 is 1. The lowest BCUT2D eigenvalue weighted by Crippen LogP contribution is -2.41. The summed E-state index contributed by atoms with van der Waals surface area (Å²) in [7, 11) is 1.59. The molecule has 0 bridgehead atoms. The maximum atomic E-state index is 12.4. The number of aryl methyl sites for hydroxylation is 1. The number of piperidine rings is 1. The van der Waals surface area contributed by atoms with Gasteiger partial charge in [0.05, 0.1) is 13.0 Å². The lowest BCUT2D eigenvalue weighted by molar-refractivity contribution is -0.134. The summed E-state index contributed by atoms with van der Waals surface area (Å²) < 4.78 is 16.0. The molecule has 24 heavy (non-hydrogen) atoms. The fourth-order valence-electron chi connectivity index (χ4n) is 2.81. The van der Waals surface area contributed by atoms with Gasteiger partial charge in [0.2, 0.25) is 5.89 Å². The van der Waals surface area contributed by atoms with Crippen LogP contribution in [-0.2, 0) is 4.79 Å². The highest BCUT2D eigenvalue weighted by Crippen LogP contribution is 2.26. The quantitative estimate of drug-likeness (QED) is 0.835. The zero-order chi connectivity index (χ0) is 16.9. The first-order chi connectivity index (χ1) is 11.7. The van der Waals surface area contributed by atoms with Crippen LogP contribution in [0.1, 0.15) is 30.5 Å². The van der Waals surface area contributed by atoms with E-state index in [0.29, 0.717) is 29.8 Å². The number of aromatic nitrogens is 2. The normalized spacial score (nSPS) is 17.6. The van der Waals surface area contributed by atoms with Crippen molar-refractivity contribution in [2.45, 2.75) is 25.7 Å². The molecule has 128 valence electrons. The minimum Gasteiger partial charge on any atom is -0.497 e. The van der Waals surface area contributed by atoms with E-state index < -0.39 is 0 Å². The minimum absolute atomic E-state index is 0.00273. The molecule has 1 aliphatic rings. The first-order valence-corrected chi connectivity index (χ1v) is 8.00. The van der Waals surface area contributed by atoms with Gasteiger partial charge in [0.1, 0.15) is 11.5 Å². The van der Waals surface area contributed by atoms with Gasteiger partial charge in [-0.25, -0.2) is 0 Å². The molecule has 3 rings (SSSR count). The summed E-state index contributed by atoms with van der Waals surface area (Å²) in [5.41, 5.74) is 0. The van der Waals surface area contributed by atoms with E-state index in [1.54, 1.807) is 31.1 Å². The van der Waals surface area contributed by atoms with Crippen molar-refractivity contribution in [3.05, 3.63) is 36.0 Å². The third-order valence-electron chi connectivity index (χ3n) is 4.07. The number of hydrogen-bond donors (Lipinski definition) is 0. The molecule has 0 aliphatic carbocycles. The van der Waals surface area contributed by atoms with Crippen LogP contribution < -0.4 is 9.47 Å². The van der Waals surface area contributed by atoms with Gasteiger partial charge in [0.25, 0.3) is 5.91 Å². The Morgan fingerprint density at radius 2 is 2.25 bits per heavy atom. The van der Waals surface area contributed by atoms with Gasteiger partial charge in [-0.05, 0) is 31.9 Å². The molecule has 0 spiro atoms. The number of hydrogen-bond acceptors (Lipinski definition) is 6. The fourth-order valence-corrected chi connectivity index (χ4v) is 2.81. The fraction of sp³-hybridized carbons (Fsp3) is 0.471. The van der Waals surface area contributed by atoms with Gasteiger partial charge in [0, 0.05) is 19.2 Å². The standard InChI is InChI=1S/C17H21N3O4/c1-12-18-17(24-19-12)13-5-4-8-20(10-13)16(21)11-23-15-7-3-6-14(9-15)22-2/h3,6-7,9,13H,4-5,8,10-11H2,1-2H3/t13-/m0/s1. The molecule has 1 fully saturated rings. The summed E-state index contributed by atoms with van der Waals surface area (Å²) in [5.74, 6) is 2.60. The average molecular weight is 331 g/mol. The van der Waals surface area contributed by atoms with Crippen LogP contribution in [0.25, 0.3) is 0 Å². The van der Waals surface area contributed by atoms with Gasteiger partial charge in [-0.15, -0.1) is 0 Å². The van der Waals surface area contributed by atoms with Crippen molar-refractivity contribution in [3.63, 3.8) is 0 Å². The van der Waals surface area contributed by atoms with Crippen LogP contribution in [0.4, 0.5) is 0 Å². The van der Waals surface area contributed by atoms with E-state index in [-0.39, 0.29) is 18.4 Å². The van der Waals surface area contributed by atoms with Gasteiger partial charge in [-0.1, -0.05) is 11.2 Å². The molecule has 1 atom stereocenters. The number of carbonyl (C=O) groups excluding carboxylic acids is 1. The van der Waals surface area contributed by atoms with Crippen LogP contribution in [0, 0.1) is 6.92 Å². The topological polar surface area (TPSA) is 77.7 Å². The second-order valence-corrected chi connectivity index (χ2v) is 5.83. The van der Waals surface area contributed by atoms with E-state index in [1.165, 1.54) is 0 Å². The molecule has 2 aromatic rings. The molecule has 2 heterocycles. The molecule has 1 aromatic carbocycles. The highest BCUT2D eigenvalue weighted by molar-refractivity contribution is 5.78. The number of ether oxygens (including phenoxy) is 2. The number of nitrogens with zero attached hydrogens (tertiary/aromatic N) is 3. The predicted molar refractivity (Wildman–Crippen MR) is 86.1 cm³/mol. The van der Waals surface area contributed by atoms with Gasteiger partial charge < -0.3 is 18.9 Å². The van der Waals surface area contributed by atoms with E-state index in [0.717, 1.165) is 19.4 Å². The van der Waals surface area contributed by atoms with Gasteiger partial charge in [-0.3, -0.25) is 4.79 Å². The maximum Gasteiger partial charge on any atom is 0.260 e. The van der Waals surface area contributed by atoms with Gasteiger partial charge in [-0.2, -0.15) is 4.98 Å². The first-order valence-electron chi connectivity index (χ1n) is 8.00. The zero-order valence-electron chi connectivity index (χ0n) is 13.9. The van der Waals surface area contributed by atoms with Crippen LogP contribution in [0.2, 0.25) is 0 Å².